The van der Waals surface area contributed by atoms with Gasteiger partial charge in [0, 0.05) is 17.2 Å². The smallest absolute Gasteiger partial charge is 0.308 e. The quantitative estimate of drug-likeness (QED) is 0.423. The van der Waals surface area contributed by atoms with Crippen LogP contribution in [0.4, 0.5) is 5.69 Å². The molecule has 0 aliphatic carbocycles. The number of carbonyl (C=O) groups excluding carboxylic acids is 2. The van der Waals surface area contributed by atoms with Crippen molar-refractivity contribution in [1.29, 1.82) is 0 Å². The maximum atomic E-state index is 12.7. The molecule has 8 nitrogen and oxygen atoms in total. The van der Waals surface area contributed by atoms with Crippen molar-refractivity contribution in [3.05, 3.63) is 69.3 Å². The molecule has 0 aliphatic heterocycles. The molecule has 28 heavy (non-hydrogen) atoms. The van der Waals surface area contributed by atoms with Crippen LogP contribution in [0.5, 0.6) is 5.75 Å². The lowest BCUT2D eigenvalue weighted by molar-refractivity contribution is -0.385. The molecule has 8 heteroatoms. The standard InChI is InChI=1S/C20H22N2O6/c1-4-28-19(23)12-17(14-5-8-16(27-3)9-6-14)21-20(24)15-7-10-18(22(25)26)13(2)11-15/h5-11,17H,4,12H2,1-3H3,(H,21,24). The third kappa shape index (κ3) is 5.29. The van der Waals surface area contributed by atoms with Gasteiger partial charge in [-0.1, -0.05) is 12.1 Å². The highest BCUT2D eigenvalue weighted by Crippen LogP contribution is 2.23. The van der Waals surface area contributed by atoms with E-state index >= 15 is 0 Å². The molecule has 0 heterocycles. The summed E-state index contributed by atoms with van der Waals surface area (Å²) in [7, 11) is 1.55. The average Bonchev–Trinajstić information content (AvgIpc) is 2.67. The highest BCUT2D eigenvalue weighted by Gasteiger charge is 2.21. The summed E-state index contributed by atoms with van der Waals surface area (Å²) in [6, 6.07) is 10.5. The Morgan fingerprint density at radius 2 is 1.86 bits per heavy atom. The zero-order valence-corrected chi connectivity index (χ0v) is 15.9. The van der Waals surface area contributed by atoms with Gasteiger partial charge < -0.3 is 14.8 Å². The molecule has 2 rings (SSSR count). The molecule has 0 spiro atoms. The predicted molar refractivity (Wildman–Crippen MR) is 102 cm³/mol. The van der Waals surface area contributed by atoms with Gasteiger partial charge in [0.1, 0.15) is 5.75 Å². The SMILES string of the molecule is CCOC(=O)CC(NC(=O)c1ccc([N+](=O)[O-])c(C)c1)c1ccc(OC)cc1. The lowest BCUT2D eigenvalue weighted by atomic mass is 10.0. The van der Waals surface area contributed by atoms with Gasteiger partial charge in [-0.25, -0.2) is 0 Å². The summed E-state index contributed by atoms with van der Waals surface area (Å²) in [6.07, 6.45) is -0.0438. The minimum absolute atomic E-state index is 0.0438. The number of carbonyl (C=O) groups is 2. The molecule has 0 aromatic heterocycles. The Kier molecular flexibility index (Phi) is 7.08. The molecule has 1 N–H and O–H groups in total. The van der Waals surface area contributed by atoms with Crippen molar-refractivity contribution in [3.8, 4) is 5.75 Å². The molecule has 0 saturated carbocycles. The molecule has 148 valence electrons. The van der Waals surface area contributed by atoms with Crippen LogP contribution in [0.15, 0.2) is 42.5 Å². The van der Waals surface area contributed by atoms with E-state index in [0.29, 0.717) is 16.9 Å². The fourth-order valence-corrected chi connectivity index (χ4v) is 2.72. The zero-order valence-electron chi connectivity index (χ0n) is 15.9. The number of amides is 1. The summed E-state index contributed by atoms with van der Waals surface area (Å²) in [6.45, 7) is 3.51. The molecule has 2 aromatic rings. The Bertz CT molecular complexity index is 863. The number of nitrogens with one attached hydrogen (secondary N) is 1. The number of methoxy groups -OCH3 is 1. The van der Waals surface area contributed by atoms with Gasteiger partial charge in [0.15, 0.2) is 0 Å². The van der Waals surface area contributed by atoms with Crippen molar-refractivity contribution in [3.63, 3.8) is 0 Å². The van der Waals surface area contributed by atoms with Crippen molar-refractivity contribution in [2.24, 2.45) is 0 Å². The van der Waals surface area contributed by atoms with E-state index in [0.717, 1.165) is 0 Å². The molecule has 0 bridgehead atoms. The van der Waals surface area contributed by atoms with Gasteiger partial charge in [-0.05, 0) is 43.7 Å². The van der Waals surface area contributed by atoms with Gasteiger partial charge in [0.05, 0.1) is 31.1 Å². The van der Waals surface area contributed by atoms with E-state index in [4.69, 9.17) is 9.47 Å². The second-order valence-corrected chi connectivity index (χ2v) is 6.07. The molecule has 1 unspecified atom stereocenters. The predicted octanol–water partition coefficient (Wildman–Crippen LogP) is 3.34. The van der Waals surface area contributed by atoms with Crippen LogP contribution in [-0.4, -0.2) is 30.5 Å². The van der Waals surface area contributed by atoms with Crippen LogP contribution in [-0.2, 0) is 9.53 Å². The summed E-state index contributed by atoms with van der Waals surface area (Å²) < 4.78 is 10.1. The van der Waals surface area contributed by atoms with Gasteiger partial charge in [-0.2, -0.15) is 0 Å². The van der Waals surface area contributed by atoms with Crippen LogP contribution in [0, 0.1) is 17.0 Å². The first-order valence-corrected chi connectivity index (χ1v) is 8.71. The molecule has 1 amide bonds. The summed E-state index contributed by atoms with van der Waals surface area (Å²) in [5, 5.41) is 13.7. The number of nitro benzene ring substituents is 1. The maximum absolute atomic E-state index is 12.7. The van der Waals surface area contributed by atoms with Gasteiger partial charge in [-0.15, -0.1) is 0 Å². The minimum Gasteiger partial charge on any atom is -0.497 e. The van der Waals surface area contributed by atoms with Gasteiger partial charge in [0.25, 0.3) is 11.6 Å². The normalized spacial score (nSPS) is 11.4. The van der Waals surface area contributed by atoms with Gasteiger partial charge in [-0.3, -0.25) is 19.7 Å². The fraction of sp³-hybridized carbons (Fsp3) is 0.300. The van der Waals surface area contributed by atoms with Crippen LogP contribution >= 0.6 is 0 Å². The molecular weight excluding hydrogens is 364 g/mol. The summed E-state index contributed by atoms with van der Waals surface area (Å²) in [5.74, 6) is -0.234. The minimum atomic E-state index is -0.618. The zero-order chi connectivity index (χ0) is 20.7. The number of hydrogen-bond donors (Lipinski definition) is 1. The van der Waals surface area contributed by atoms with Crippen molar-refractivity contribution in [2.75, 3.05) is 13.7 Å². The number of aryl methyl sites for hydroxylation is 1. The number of ether oxygens (including phenoxy) is 2. The maximum Gasteiger partial charge on any atom is 0.308 e. The Morgan fingerprint density at radius 3 is 2.39 bits per heavy atom. The topological polar surface area (TPSA) is 108 Å². The molecule has 0 aliphatic rings. The molecule has 0 saturated heterocycles. The highest BCUT2D eigenvalue weighted by molar-refractivity contribution is 5.95. The third-order valence-electron chi connectivity index (χ3n) is 4.16. The molecule has 2 aromatic carbocycles. The van der Waals surface area contributed by atoms with Crippen molar-refractivity contribution in [1.82, 2.24) is 5.32 Å². The van der Waals surface area contributed by atoms with Crippen LogP contribution < -0.4 is 10.1 Å². The van der Waals surface area contributed by atoms with Gasteiger partial charge >= 0.3 is 5.97 Å². The Morgan fingerprint density at radius 1 is 1.18 bits per heavy atom. The lowest BCUT2D eigenvalue weighted by Gasteiger charge is -2.19. The van der Waals surface area contributed by atoms with Crippen molar-refractivity contribution < 1.29 is 24.0 Å². The van der Waals surface area contributed by atoms with Crippen LogP contribution in [0.25, 0.3) is 0 Å². The van der Waals surface area contributed by atoms with E-state index in [1.54, 1.807) is 45.2 Å². The van der Waals surface area contributed by atoms with E-state index < -0.39 is 22.8 Å². The van der Waals surface area contributed by atoms with Crippen molar-refractivity contribution in [2.45, 2.75) is 26.3 Å². The molecule has 0 radical (unpaired) electrons. The number of esters is 1. The first kappa shape index (κ1) is 20.9. The first-order chi connectivity index (χ1) is 13.3. The second-order valence-electron chi connectivity index (χ2n) is 6.07. The number of hydrogen-bond acceptors (Lipinski definition) is 6. The van der Waals surface area contributed by atoms with Crippen LogP contribution in [0.1, 0.15) is 40.9 Å². The second kappa shape index (κ2) is 9.50. The number of nitro groups is 1. The molecular formula is C20H22N2O6. The van der Waals surface area contributed by atoms with E-state index in [1.807, 2.05) is 0 Å². The lowest BCUT2D eigenvalue weighted by Crippen LogP contribution is -2.30. The summed E-state index contributed by atoms with van der Waals surface area (Å²) >= 11 is 0. The van der Waals surface area contributed by atoms with Crippen LogP contribution in [0.2, 0.25) is 0 Å². The number of rotatable bonds is 8. The average molecular weight is 386 g/mol. The first-order valence-electron chi connectivity index (χ1n) is 8.71. The highest BCUT2D eigenvalue weighted by atomic mass is 16.6. The van der Waals surface area contributed by atoms with E-state index in [9.17, 15) is 19.7 Å². The number of nitrogens with zero attached hydrogens (tertiary/aromatic N) is 1. The Hall–Kier alpha value is -3.42. The van der Waals surface area contributed by atoms with E-state index in [1.165, 1.54) is 18.2 Å². The van der Waals surface area contributed by atoms with E-state index in [2.05, 4.69) is 5.32 Å². The van der Waals surface area contributed by atoms with Crippen molar-refractivity contribution >= 4 is 17.6 Å². The fourth-order valence-electron chi connectivity index (χ4n) is 2.72. The largest absolute Gasteiger partial charge is 0.497 e. The molecule has 0 fully saturated rings. The summed E-state index contributed by atoms with van der Waals surface area (Å²) in [4.78, 5) is 35.1. The summed E-state index contributed by atoms with van der Waals surface area (Å²) in [5.41, 5.74) is 1.30. The van der Waals surface area contributed by atoms with Crippen LogP contribution in [0.3, 0.4) is 0 Å². The third-order valence-corrected chi connectivity index (χ3v) is 4.16. The molecule has 1 atom stereocenters. The monoisotopic (exact) mass is 386 g/mol. The Labute approximate surface area is 162 Å². The Balaban J connectivity index is 2.25. The number of benzene rings is 2. The van der Waals surface area contributed by atoms with Gasteiger partial charge in [0.2, 0.25) is 0 Å². The van der Waals surface area contributed by atoms with E-state index in [-0.39, 0.29) is 24.3 Å².